The summed E-state index contributed by atoms with van der Waals surface area (Å²) < 4.78 is 0. The first kappa shape index (κ1) is 16.5. The molecule has 0 fully saturated rings. The molecular weight excluding hydrogens is 296 g/mol. The van der Waals surface area contributed by atoms with E-state index in [1.54, 1.807) is 37.2 Å². The average molecular weight is 316 g/mol. The molecule has 1 unspecified atom stereocenters. The molecule has 0 aliphatic carbocycles. The molecule has 1 N–H and O–H groups in total. The van der Waals surface area contributed by atoms with E-state index in [2.05, 4.69) is 4.98 Å². The number of carbonyl (C=O) groups excluding carboxylic acids is 1. The zero-order valence-corrected chi connectivity index (χ0v) is 13.6. The summed E-state index contributed by atoms with van der Waals surface area (Å²) in [6.45, 7) is 2.24. The summed E-state index contributed by atoms with van der Waals surface area (Å²) in [5.41, 5.74) is 0.587. The maximum absolute atomic E-state index is 12.6. The highest BCUT2D eigenvalue weighted by molar-refractivity contribution is 7.99. The van der Waals surface area contributed by atoms with E-state index in [9.17, 15) is 9.90 Å². The molecule has 0 bridgehead atoms. The second-order valence-corrected chi connectivity index (χ2v) is 6.20. The monoisotopic (exact) mass is 316 g/mol. The van der Waals surface area contributed by atoms with Crippen LogP contribution < -0.4 is 0 Å². The van der Waals surface area contributed by atoms with Crippen molar-refractivity contribution in [3.8, 4) is 0 Å². The van der Waals surface area contributed by atoms with Crippen molar-refractivity contribution in [2.24, 2.45) is 0 Å². The molecule has 0 radical (unpaired) electrons. The molecule has 2 aromatic rings. The van der Waals surface area contributed by atoms with Crippen molar-refractivity contribution in [3.63, 3.8) is 0 Å². The fourth-order valence-electron chi connectivity index (χ4n) is 1.92. The minimum Gasteiger partial charge on any atom is -0.393 e. The number of pyridine rings is 1. The van der Waals surface area contributed by atoms with Crippen molar-refractivity contribution in [1.82, 2.24) is 9.88 Å². The number of amides is 1. The van der Waals surface area contributed by atoms with Gasteiger partial charge in [-0.25, -0.2) is 4.98 Å². The number of hydrogen-bond donors (Lipinski definition) is 1. The molecule has 0 saturated heterocycles. The molecule has 1 aromatic heterocycles. The van der Waals surface area contributed by atoms with Crippen LogP contribution in [0.15, 0.2) is 58.6 Å². The second kappa shape index (κ2) is 7.96. The van der Waals surface area contributed by atoms with Gasteiger partial charge >= 0.3 is 0 Å². The van der Waals surface area contributed by atoms with E-state index in [1.807, 2.05) is 30.3 Å². The van der Waals surface area contributed by atoms with Crippen molar-refractivity contribution in [2.75, 3.05) is 13.6 Å². The molecule has 1 atom stereocenters. The van der Waals surface area contributed by atoms with Crippen molar-refractivity contribution >= 4 is 17.7 Å². The molecule has 5 heteroatoms. The normalized spacial score (nSPS) is 12.0. The van der Waals surface area contributed by atoms with Gasteiger partial charge in [-0.2, -0.15) is 0 Å². The number of aliphatic hydroxyl groups excluding tert-OH is 1. The van der Waals surface area contributed by atoms with Gasteiger partial charge in [0.2, 0.25) is 0 Å². The molecule has 0 spiro atoms. The first-order valence-electron chi connectivity index (χ1n) is 7.19. The van der Waals surface area contributed by atoms with Crippen molar-refractivity contribution in [1.29, 1.82) is 0 Å². The summed E-state index contributed by atoms with van der Waals surface area (Å²) >= 11 is 1.48. The van der Waals surface area contributed by atoms with Gasteiger partial charge in [-0.05, 0) is 37.6 Å². The average Bonchev–Trinajstić information content (AvgIpc) is 2.53. The highest BCUT2D eigenvalue weighted by Crippen LogP contribution is 2.28. The molecule has 22 heavy (non-hydrogen) atoms. The first-order chi connectivity index (χ1) is 10.6. The summed E-state index contributed by atoms with van der Waals surface area (Å²) in [6.07, 6.45) is 1.84. The Labute approximate surface area is 135 Å². The number of aromatic nitrogens is 1. The van der Waals surface area contributed by atoms with E-state index in [-0.39, 0.29) is 5.91 Å². The number of carbonyl (C=O) groups is 1. The molecule has 0 aliphatic rings. The largest absolute Gasteiger partial charge is 0.393 e. The minimum absolute atomic E-state index is 0.0767. The summed E-state index contributed by atoms with van der Waals surface area (Å²) in [5, 5.41) is 10.0. The molecule has 1 amide bonds. The molecular formula is C17H20N2O2S. The minimum atomic E-state index is -0.415. The Morgan fingerprint density at radius 2 is 2.00 bits per heavy atom. The summed E-state index contributed by atoms with van der Waals surface area (Å²) in [4.78, 5) is 19.6. The lowest BCUT2D eigenvalue weighted by Crippen LogP contribution is -2.30. The summed E-state index contributed by atoms with van der Waals surface area (Å²) in [6, 6.07) is 13.4. The Morgan fingerprint density at radius 3 is 2.68 bits per heavy atom. The van der Waals surface area contributed by atoms with Crippen LogP contribution in [-0.4, -0.2) is 40.6 Å². The van der Waals surface area contributed by atoms with Crippen LogP contribution >= 0.6 is 11.8 Å². The summed E-state index contributed by atoms with van der Waals surface area (Å²) in [5.74, 6) is -0.0767. The zero-order chi connectivity index (χ0) is 15.9. The van der Waals surface area contributed by atoms with Gasteiger partial charge in [0, 0.05) is 24.7 Å². The third kappa shape index (κ3) is 4.58. The Hall–Kier alpha value is -1.85. The Morgan fingerprint density at radius 1 is 1.27 bits per heavy atom. The topological polar surface area (TPSA) is 53.4 Å². The van der Waals surface area contributed by atoms with E-state index >= 15 is 0 Å². The fourth-order valence-corrected chi connectivity index (χ4v) is 2.82. The number of nitrogens with zero attached hydrogens (tertiary/aromatic N) is 2. The SMILES string of the molecule is CC(O)CCN(C)C(=O)c1cccnc1Sc1ccccc1. The maximum atomic E-state index is 12.6. The van der Waals surface area contributed by atoms with Gasteiger partial charge < -0.3 is 10.0 Å². The van der Waals surface area contributed by atoms with Gasteiger partial charge in [0.15, 0.2) is 0 Å². The first-order valence-corrected chi connectivity index (χ1v) is 8.01. The highest BCUT2D eigenvalue weighted by atomic mass is 32.2. The number of rotatable bonds is 6. The van der Waals surface area contributed by atoms with E-state index in [0.29, 0.717) is 23.6 Å². The predicted octanol–water partition coefficient (Wildman–Crippen LogP) is 3.08. The van der Waals surface area contributed by atoms with E-state index in [4.69, 9.17) is 0 Å². The van der Waals surface area contributed by atoms with Crippen LogP contribution in [0.4, 0.5) is 0 Å². The van der Waals surface area contributed by atoms with Crippen molar-refractivity contribution in [3.05, 3.63) is 54.2 Å². The number of hydrogen-bond acceptors (Lipinski definition) is 4. The molecule has 0 aliphatic heterocycles. The standard InChI is InChI=1S/C17H20N2O2S/c1-13(20)10-12-19(2)17(21)15-9-6-11-18-16(15)22-14-7-4-3-5-8-14/h3-9,11,13,20H,10,12H2,1-2H3. The predicted molar refractivity (Wildman–Crippen MR) is 88.1 cm³/mol. The van der Waals surface area contributed by atoms with Gasteiger partial charge in [-0.3, -0.25) is 4.79 Å². The summed E-state index contributed by atoms with van der Waals surface area (Å²) in [7, 11) is 1.74. The van der Waals surface area contributed by atoms with Gasteiger partial charge in [0.05, 0.1) is 11.7 Å². The van der Waals surface area contributed by atoms with E-state index in [0.717, 1.165) is 4.90 Å². The van der Waals surface area contributed by atoms with E-state index < -0.39 is 6.10 Å². The molecule has 0 saturated carbocycles. The van der Waals surface area contributed by atoms with E-state index in [1.165, 1.54) is 11.8 Å². The molecule has 1 heterocycles. The van der Waals surface area contributed by atoms with Crippen LogP contribution in [0, 0.1) is 0 Å². The van der Waals surface area contributed by atoms with Gasteiger partial charge in [-0.1, -0.05) is 30.0 Å². The van der Waals surface area contributed by atoms with Gasteiger partial charge in [0.1, 0.15) is 5.03 Å². The zero-order valence-electron chi connectivity index (χ0n) is 12.8. The molecule has 116 valence electrons. The smallest absolute Gasteiger partial charge is 0.256 e. The molecule has 2 rings (SSSR count). The lowest BCUT2D eigenvalue weighted by Gasteiger charge is -2.19. The van der Waals surface area contributed by atoms with Crippen LogP contribution in [0.25, 0.3) is 0 Å². The van der Waals surface area contributed by atoms with Crippen LogP contribution in [0.5, 0.6) is 0 Å². The quantitative estimate of drug-likeness (QED) is 0.890. The lowest BCUT2D eigenvalue weighted by atomic mass is 10.2. The fraction of sp³-hybridized carbons (Fsp3) is 0.294. The Kier molecular flexibility index (Phi) is 5.98. The van der Waals surface area contributed by atoms with Gasteiger partial charge in [0.25, 0.3) is 5.91 Å². The molecule has 1 aromatic carbocycles. The van der Waals surface area contributed by atoms with Gasteiger partial charge in [-0.15, -0.1) is 0 Å². The maximum Gasteiger partial charge on any atom is 0.256 e. The third-order valence-electron chi connectivity index (χ3n) is 3.19. The second-order valence-electron chi connectivity index (χ2n) is 5.14. The van der Waals surface area contributed by atoms with Crippen LogP contribution in [0.1, 0.15) is 23.7 Å². The lowest BCUT2D eigenvalue weighted by molar-refractivity contribution is 0.0765. The van der Waals surface area contributed by atoms with Crippen molar-refractivity contribution < 1.29 is 9.90 Å². The van der Waals surface area contributed by atoms with Crippen LogP contribution in [0.2, 0.25) is 0 Å². The number of aliphatic hydroxyl groups is 1. The Balaban J connectivity index is 2.15. The van der Waals surface area contributed by atoms with Crippen LogP contribution in [-0.2, 0) is 0 Å². The third-order valence-corrected chi connectivity index (χ3v) is 4.21. The molecule has 4 nitrogen and oxygen atoms in total. The Bertz CT molecular complexity index is 617. The number of benzene rings is 1. The van der Waals surface area contributed by atoms with Crippen LogP contribution in [0.3, 0.4) is 0 Å². The highest BCUT2D eigenvalue weighted by Gasteiger charge is 2.17. The van der Waals surface area contributed by atoms with Crippen molar-refractivity contribution in [2.45, 2.75) is 29.4 Å².